The Bertz CT molecular complexity index is 289. The van der Waals surface area contributed by atoms with Crippen LogP contribution in [0.2, 0.25) is 0 Å². The largest absolute Gasteiger partial charge is 0.257 e. The molecule has 0 saturated carbocycles. The van der Waals surface area contributed by atoms with Crippen LogP contribution in [-0.4, -0.2) is 8.42 Å². The first-order chi connectivity index (χ1) is 4.67. The predicted octanol–water partition coefficient (Wildman–Crippen LogP) is -0.0999. The maximum absolute atomic E-state index is 10.8. The molecule has 0 aromatic carbocycles. The summed E-state index contributed by atoms with van der Waals surface area (Å²) in [5, 5.41) is 3.18. The third-order valence-electron chi connectivity index (χ3n) is 0.961. The fraction of sp³-hybridized carbons (Fsp3) is 0. The summed E-state index contributed by atoms with van der Waals surface area (Å²) >= 11 is 1.31. The van der Waals surface area contributed by atoms with E-state index in [1.54, 1.807) is 10.2 Å². The van der Waals surface area contributed by atoms with Gasteiger partial charge in [0, 0.05) is 5.38 Å². The normalized spacial score (nSPS) is 11.7. The quantitative estimate of drug-likeness (QED) is 0.490. The lowest BCUT2D eigenvalue weighted by Gasteiger charge is -1.95. The Balaban J connectivity index is 3.09. The molecule has 1 rings (SSSR count). The molecule has 1 aromatic rings. The highest BCUT2D eigenvalue weighted by molar-refractivity contribution is 7.89. The molecule has 0 fully saturated rings. The SMILES string of the molecule is NNS(=O)(=O)c1ccsc1. The van der Waals surface area contributed by atoms with Gasteiger partial charge in [-0.15, -0.1) is 0 Å². The lowest BCUT2D eigenvalue weighted by atomic mass is 10.7. The average Bonchev–Trinajstić information content (AvgIpc) is 2.38. The summed E-state index contributed by atoms with van der Waals surface area (Å²) in [6, 6.07) is 1.49. The Hall–Kier alpha value is -0.430. The minimum absolute atomic E-state index is 0.208. The monoisotopic (exact) mass is 178 g/mol. The number of hydrogen-bond donors (Lipinski definition) is 2. The zero-order valence-corrected chi connectivity index (χ0v) is 6.58. The van der Waals surface area contributed by atoms with Crippen molar-refractivity contribution < 1.29 is 8.42 Å². The molecule has 10 heavy (non-hydrogen) atoms. The van der Waals surface area contributed by atoms with Crippen molar-refractivity contribution in [3.8, 4) is 0 Å². The van der Waals surface area contributed by atoms with Gasteiger partial charge in [-0.05, 0) is 11.4 Å². The van der Waals surface area contributed by atoms with E-state index < -0.39 is 10.0 Å². The molecule has 0 saturated heterocycles. The second-order valence-corrected chi connectivity index (χ2v) is 4.07. The van der Waals surface area contributed by atoms with Gasteiger partial charge in [-0.2, -0.15) is 16.2 Å². The van der Waals surface area contributed by atoms with Crippen molar-refractivity contribution in [3.63, 3.8) is 0 Å². The van der Waals surface area contributed by atoms with E-state index in [9.17, 15) is 8.42 Å². The van der Waals surface area contributed by atoms with Crippen LogP contribution in [0.4, 0.5) is 0 Å². The van der Waals surface area contributed by atoms with Gasteiger partial charge in [-0.1, -0.05) is 0 Å². The van der Waals surface area contributed by atoms with Crippen LogP contribution in [0.5, 0.6) is 0 Å². The van der Waals surface area contributed by atoms with E-state index in [1.165, 1.54) is 22.8 Å². The Kier molecular flexibility index (Phi) is 2.05. The topological polar surface area (TPSA) is 72.2 Å². The molecular formula is C4H6N2O2S2. The summed E-state index contributed by atoms with van der Waals surface area (Å²) in [5.41, 5.74) is 0. The van der Waals surface area contributed by atoms with E-state index in [4.69, 9.17) is 5.84 Å². The molecule has 0 unspecified atom stereocenters. The van der Waals surface area contributed by atoms with Crippen molar-refractivity contribution in [3.05, 3.63) is 16.8 Å². The molecule has 0 bridgehead atoms. The first-order valence-corrected chi connectivity index (χ1v) is 4.84. The summed E-state index contributed by atoms with van der Waals surface area (Å²) in [4.78, 5) is 1.93. The van der Waals surface area contributed by atoms with Crippen LogP contribution in [0.15, 0.2) is 21.7 Å². The van der Waals surface area contributed by atoms with Gasteiger partial charge >= 0.3 is 0 Å². The molecule has 0 spiro atoms. The van der Waals surface area contributed by atoms with Gasteiger partial charge < -0.3 is 0 Å². The van der Waals surface area contributed by atoms with Crippen LogP contribution in [0.25, 0.3) is 0 Å². The van der Waals surface area contributed by atoms with Gasteiger partial charge in [0.15, 0.2) is 0 Å². The molecule has 3 N–H and O–H groups in total. The van der Waals surface area contributed by atoms with Crippen LogP contribution in [0, 0.1) is 0 Å². The van der Waals surface area contributed by atoms with Crippen molar-refractivity contribution >= 4 is 21.4 Å². The Morgan fingerprint density at radius 1 is 1.60 bits per heavy atom. The van der Waals surface area contributed by atoms with Gasteiger partial charge in [0.25, 0.3) is 10.0 Å². The molecule has 4 nitrogen and oxygen atoms in total. The van der Waals surface area contributed by atoms with E-state index in [2.05, 4.69) is 0 Å². The summed E-state index contributed by atoms with van der Waals surface area (Å²) in [5.74, 6) is 4.76. The molecule has 6 heteroatoms. The van der Waals surface area contributed by atoms with Crippen LogP contribution in [0.1, 0.15) is 0 Å². The van der Waals surface area contributed by atoms with Crippen molar-refractivity contribution in [2.75, 3.05) is 0 Å². The van der Waals surface area contributed by atoms with E-state index in [0.717, 1.165) is 0 Å². The van der Waals surface area contributed by atoms with Gasteiger partial charge in [-0.3, -0.25) is 5.84 Å². The van der Waals surface area contributed by atoms with E-state index in [0.29, 0.717) is 0 Å². The van der Waals surface area contributed by atoms with E-state index in [1.807, 2.05) is 0 Å². The maximum atomic E-state index is 10.8. The number of rotatable bonds is 2. The van der Waals surface area contributed by atoms with Crippen molar-refractivity contribution in [1.29, 1.82) is 0 Å². The smallest absolute Gasteiger partial charge is 0.253 e. The molecule has 1 heterocycles. The molecule has 1 aromatic heterocycles. The fourth-order valence-corrected chi connectivity index (χ4v) is 2.13. The first-order valence-electron chi connectivity index (χ1n) is 2.41. The Morgan fingerprint density at radius 2 is 2.30 bits per heavy atom. The minimum Gasteiger partial charge on any atom is -0.257 e. The second kappa shape index (κ2) is 2.67. The zero-order valence-electron chi connectivity index (χ0n) is 4.94. The number of nitrogens with two attached hydrogens (primary N) is 1. The van der Waals surface area contributed by atoms with Crippen molar-refractivity contribution in [2.24, 2.45) is 5.84 Å². The lowest BCUT2D eigenvalue weighted by Crippen LogP contribution is -2.29. The zero-order chi connectivity index (χ0) is 7.61. The van der Waals surface area contributed by atoms with Crippen LogP contribution >= 0.6 is 11.3 Å². The van der Waals surface area contributed by atoms with Crippen LogP contribution < -0.4 is 10.7 Å². The molecular weight excluding hydrogens is 172 g/mol. The molecule has 56 valence electrons. The maximum Gasteiger partial charge on any atom is 0.253 e. The van der Waals surface area contributed by atoms with Crippen LogP contribution in [-0.2, 0) is 10.0 Å². The molecule has 0 aliphatic rings. The number of sulfonamides is 1. The summed E-state index contributed by atoms with van der Waals surface area (Å²) in [6.07, 6.45) is 0. The van der Waals surface area contributed by atoms with Crippen LogP contribution in [0.3, 0.4) is 0 Å². The second-order valence-electron chi connectivity index (χ2n) is 1.58. The highest BCUT2D eigenvalue weighted by atomic mass is 32.2. The number of thiophene rings is 1. The Labute approximate surface area is 62.7 Å². The first kappa shape index (κ1) is 7.67. The summed E-state index contributed by atoms with van der Waals surface area (Å²) in [6.45, 7) is 0. The average molecular weight is 178 g/mol. The van der Waals surface area contributed by atoms with Gasteiger partial charge in [-0.25, -0.2) is 8.42 Å². The third kappa shape index (κ3) is 1.35. The minimum atomic E-state index is -3.42. The molecule has 0 atom stereocenters. The molecule has 0 aliphatic heterocycles. The third-order valence-corrected chi connectivity index (χ3v) is 2.98. The van der Waals surface area contributed by atoms with E-state index in [-0.39, 0.29) is 4.90 Å². The standard InChI is InChI=1S/C4H6N2O2S2/c5-6-10(7,8)4-1-2-9-3-4/h1-3,6H,5H2. The van der Waals surface area contributed by atoms with Crippen molar-refractivity contribution in [1.82, 2.24) is 4.83 Å². The number of hydrogen-bond acceptors (Lipinski definition) is 4. The Morgan fingerprint density at radius 3 is 2.70 bits per heavy atom. The molecule has 0 radical (unpaired) electrons. The molecule has 0 aliphatic carbocycles. The highest BCUT2D eigenvalue weighted by Gasteiger charge is 2.10. The van der Waals surface area contributed by atoms with Gasteiger partial charge in [0.1, 0.15) is 0 Å². The fourth-order valence-electron chi connectivity index (χ4n) is 0.473. The number of nitrogens with one attached hydrogen (secondary N) is 1. The van der Waals surface area contributed by atoms with Crippen molar-refractivity contribution in [2.45, 2.75) is 4.90 Å². The van der Waals surface area contributed by atoms with Gasteiger partial charge in [0.2, 0.25) is 0 Å². The van der Waals surface area contributed by atoms with Gasteiger partial charge in [0.05, 0.1) is 4.90 Å². The predicted molar refractivity (Wildman–Crippen MR) is 38.8 cm³/mol. The van der Waals surface area contributed by atoms with E-state index >= 15 is 0 Å². The lowest BCUT2D eigenvalue weighted by molar-refractivity contribution is 0.584. The number of hydrazine groups is 1. The summed E-state index contributed by atoms with van der Waals surface area (Å²) in [7, 11) is -3.42. The summed E-state index contributed by atoms with van der Waals surface area (Å²) < 4.78 is 21.7. The highest BCUT2D eigenvalue weighted by Crippen LogP contribution is 2.10. The molecule has 0 amide bonds.